The Balaban J connectivity index is 0.00000225. The van der Waals surface area contributed by atoms with E-state index in [0.29, 0.717) is 11.5 Å². The number of hydrogen-bond acceptors (Lipinski definition) is 2. The van der Waals surface area contributed by atoms with Crippen LogP contribution in [0.25, 0.3) is 0 Å². The van der Waals surface area contributed by atoms with Gasteiger partial charge in [-0.25, -0.2) is 0 Å². The molecular formula is C13H29ClN2. The van der Waals surface area contributed by atoms with Crippen molar-refractivity contribution in [1.29, 1.82) is 0 Å². The molecule has 98 valence electrons. The third kappa shape index (κ3) is 5.03. The molecule has 2 nitrogen and oxygen atoms in total. The molecule has 1 aliphatic heterocycles. The number of nitrogens with zero attached hydrogens (tertiary/aromatic N) is 1. The summed E-state index contributed by atoms with van der Waals surface area (Å²) < 4.78 is 0. The Hall–Kier alpha value is 0.210. The Labute approximate surface area is 107 Å². The van der Waals surface area contributed by atoms with Gasteiger partial charge in [0.15, 0.2) is 0 Å². The van der Waals surface area contributed by atoms with Crippen LogP contribution in [-0.2, 0) is 0 Å². The molecule has 0 aromatic carbocycles. The normalized spacial score (nSPS) is 26.2. The first-order chi connectivity index (χ1) is 6.71. The quantitative estimate of drug-likeness (QED) is 0.814. The highest BCUT2D eigenvalue weighted by Crippen LogP contribution is 2.29. The molecule has 0 spiro atoms. The van der Waals surface area contributed by atoms with Gasteiger partial charge in [0.05, 0.1) is 0 Å². The molecule has 0 bridgehead atoms. The predicted molar refractivity (Wildman–Crippen MR) is 74.1 cm³/mol. The van der Waals surface area contributed by atoms with Gasteiger partial charge < -0.3 is 10.6 Å². The average Bonchev–Trinajstić information content (AvgIpc) is 2.06. The molecule has 0 amide bonds. The zero-order chi connectivity index (χ0) is 11.7. The van der Waals surface area contributed by atoms with Gasteiger partial charge in [-0.3, -0.25) is 0 Å². The van der Waals surface area contributed by atoms with E-state index in [1.165, 1.54) is 19.5 Å². The summed E-state index contributed by atoms with van der Waals surface area (Å²) in [5.74, 6) is 0. The van der Waals surface area contributed by atoms with Gasteiger partial charge >= 0.3 is 0 Å². The van der Waals surface area contributed by atoms with E-state index < -0.39 is 0 Å². The van der Waals surface area contributed by atoms with Crippen LogP contribution in [0.3, 0.4) is 0 Å². The van der Waals surface area contributed by atoms with Crippen molar-refractivity contribution in [3.63, 3.8) is 0 Å². The molecule has 2 N–H and O–H groups in total. The monoisotopic (exact) mass is 248 g/mol. The Morgan fingerprint density at radius 3 is 2.31 bits per heavy atom. The lowest BCUT2D eigenvalue weighted by Crippen LogP contribution is -2.52. The highest BCUT2D eigenvalue weighted by Gasteiger charge is 2.33. The molecule has 1 saturated heterocycles. The summed E-state index contributed by atoms with van der Waals surface area (Å²) in [5.41, 5.74) is 6.87. The van der Waals surface area contributed by atoms with Crippen molar-refractivity contribution in [3.8, 4) is 0 Å². The summed E-state index contributed by atoms with van der Waals surface area (Å²) in [4.78, 5) is 2.58. The SMILES string of the molecule is CC(C)(C)CCN1CCC(N)C(C)(C)C1.Cl. The minimum atomic E-state index is 0. The third-order valence-corrected chi connectivity index (χ3v) is 3.57. The zero-order valence-electron chi connectivity index (χ0n) is 11.5. The van der Waals surface area contributed by atoms with Crippen LogP contribution < -0.4 is 5.73 Å². The van der Waals surface area contributed by atoms with Crippen LogP contribution >= 0.6 is 12.4 Å². The van der Waals surface area contributed by atoms with Crippen molar-refractivity contribution in [2.24, 2.45) is 16.6 Å². The second-order valence-corrected chi connectivity index (χ2v) is 6.97. The highest BCUT2D eigenvalue weighted by molar-refractivity contribution is 5.85. The number of nitrogens with two attached hydrogens (primary N) is 1. The molecule has 1 aliphatic rings. The number of rotatable bonds is 2. The van der Waals surface area contributed by atoms with E-state index >= 15 is 0 Å². The van der Waals surface area contributed by atoms with E-state index in [4.69, 9.17) is 5.73 Å². The maximum Gasteiger partial charge on any atom is 0.0115 e. The molecule has 0 aromatic rings. The number of hydrogen-bond donors (Lipinski definition) is 1. The van der Waals surface area contributed by atoms with E-state index in [1.807, 2.05) is 0 Å². The lowest BCUT2D eigenvalue weighted by molar-refractivity contribution is 0.0861. The third-order valence-electron chi connectivity index (χ3n) is 3.57. The topological polar surface area (TPSA) is 29.3 Å². The summed E-state index contributed by atoms with van der Waals surface area (Å²) in [6, 6.07) is 0.378. The molecule has 1 rings (SSSR count). The molecule has 0 saturated carbocycles. The summed E-state index contributed by atoms with van der Waals surface area (Å²) in [5, 5.41) is 0. The number of piperidine rings is 1. The molecule has 1 unspecified atom stereocenters. The van der Waals surface area contributed by atoms with E-state index in [0.717, 1.165) is 13.0 Å². The number of likely N-dealkylation sites (tertiary alicyclic amines) is 1. The fraction of sp³-hybridized carbons (Fsp3) is 1.00. The Kier molecular flexibility index (Phi) is 5.78. The maximum atomic E-state index is 6.13. The number of halogens is 1. The van der Waals surface area contributed by atoms with E-state index in [1.54, 1.807) is 0 Å². The van der Waals surface area contributed by atoms with Gasteiger partial charge in [-0.05, 0) is 36.8 Å². The Morgan fingerprint density at radius 1 is 1.31 bits per heavy atom. The maximum absolute atomic E-state index is 6.13. The van der Waals surface area contributed by atoms with E-state index in [9.17, 15) is 0 Å². The first-order valence-electron chi connectivity index (χ1n) is 6.19. The Morgan fingerprint density at radius 2 is 1.88 bits per heavy atom. The highest BCUT2D eigenvalue weighted by atomic mass is 35.5. The van der Waals surface area contributed by atoms with Crippen LogP contribution in [0.15, 0.2) is 0 Å². The largest absolute Gasteiger partial charge is 0.327 e. The summed E-state index contributed by atoms with van der Waals surface area (Å²) in [7, 11) is 0. The Bertz CT molecular complexity index is 208. The van der Waals surface area contributed by atoms with Gasteiger partial charge in [0, 0.05) is 12.6 Å². The average molecular weight is 249 g/mol. The van der Waals surface area contributed by atoms with Crippen LogP contribution in [0, 0.1) is 10.8 Å². The molecule has 16 heavy (non-hydrogen) atoms. The van der Waals surface area contributed by atoms with E-state index in [-0.39, 0.29) is 17.8 Å². The summed E-state index contributed by atoms with van der Waals surface area (Å²) in [6.45, 7) is 15.1. The van der Waals surface area contributed by atoms with Gasteiger partial charge in [-0.2, -0.15) is 0 Å². The van der Waals surface area contributed by atoms with Crippen molar-refractivity contribution in [3.05, 3.63) is 0 Å². The van der Waals surface area contributed by atoms with Crippen LogP contribution in [0.2, 0.25) is 0 Å². The van der Waals surface area contributed by atoms with Crippen molar-refractivity contribution in [2.45, 2.75) is 53.5 Å². The van der Waals surface area contributed by atoms with Crippen LogP contribution in [-0.4, -0.2) is 30.6 Å². The molecule has 0 aliphatic carbocycles. The lowest BCUT2D eigenvalue weighted by atomic mass is 9.79. The molecule has 0 aromatic heterocycles. The minimum absolute atomic E-state index is 0. The van der Waals surface area contributed by atoms with Gasteiger partial charge in [0.1, 0.15) is 0 Å². The molecule has 1 fully saturated rings. The van der Waals surface area contributed by atoms with Gasteiger partial charge in [0.2, 0.25) is 0 Å². The molecule has 1 atom stereocenters. The van der Waals surface area contributed by atoms with Crippen molar-refractivity contribution in [1.82, 2.24) is 4.90 Å². The first-order valence-corrected chi connectivity index (χ1v) is 6.19. The second kappa shape index (κ2) is 5.70. The second-order valence-electron chi connectivity index (χ2n) is 6.97. The van der Waals surface area contributed by atoms with Crippen molar-refractivity contribution >= 4 is 12.4 Å². The van der Waals surface area contributed by atoms with Crippen LogP contribution in [0.4, 0.5) is 0 Å². The molecule has 0 radical (unpaired) electrons. The van der Waals surface area contributed by atoms with Gasteiger partial charge in [0.25, 0.3) is 0 Å². The smallest absolute Gasteiger partial charge is 0.0115 e. The van der Waals surface area contributed by atoms with Crippen LogP contribution in [0.5, 0.6) is 0 Å². The lowest BCUT2D eigenvalue weighted by Gasteiger charge is -2.43. The molecule has 3 heteroatoms. The van der Waals surface area contributed by atoms with Gasteiger partial charge in [-0.1, -0.05) is 34.6 Å². The molecular weight excluding hydrogens is 220 g/mol. The van der Waals surface area contributed by atoms with Crippen molar-refractivity contribution in [2.75, 3.05) is 19.6 Å². The van der Waals surface area contributed by atoms with Crippen LogP contribution in [0.1, 0.15) is 47.5 Å². The van der Waals surface area contributed by atoms with Crippen molar-refractivity contribution < 1.29 is 0 Å². The fourth-order valence-electron chi connectivity index (χ4n) is 2.17. The zero-order valence-corrected chi connectivity index (χ0v) is 12.4. The summed E-state index contributed by atoms with van der Waals surface area (Å²) in [6.07, 6.45) is 2.43. The standard InChI is InChI=1S/C13H28N2.ClH/c1-12(2,3)7-9-15-8-6-11(14)13(4,5)10-15;/h11H,6-10,14H2,1-5H3;1H. The minimum Gasteiger partial charge on any atom is -0.327 e. The van der Waals surface area contributed by atoms with E-state index in [2.05, 4.69) is 39.5 Å². The predicted octanol–water partition coefficient (Wildman–Crippen LogP) is 2.90. The first kappa shape index (κ1) is 16.2. The van der Waals surface area contributed by atoms with Gasteiger partial charge in [-0.15, -0.1) is 12.4 Å². The molecule has 1 heterocycles. The fourth-order valence-corrected chi connectivity index (χ4v) is 2.17. The summed E-state index contributed by atoms with van der Waals surface area (Å²) >= 11 is 0.